The van der Waals surface area contributed by atoms with E-state index in [4.69, 9.17) is 0 Å². The van der Waals surface area contributed by atoms with E-state index >= 15 is 0 Å². The number of benzene rings is 2. The molecular weight excluding hydrogens is 296 g/mol. The van der Waals surface area contributed by atoms with E-state index in [1.54, 1.807) is 12.5 Å². The van der Waals surface area contributed by atoms with Crippen molar-refractivity contribution >= 4 is 10.9 Å². The molecule has 4 aromatic rings. The van der Waals surface area contributed by atoms with Crippen LogP contribution in [0.25, 0.3) is 33.4 Å². The summed E-state index contributed by atoms with van der Waals surface area (Å²) in [7, 11) is 2.03. The standard InChI is InChI=1S/C20H17N4/c1-14-5-3-4-6-16(14)20-17-8-7-15(18-9-10-21-12-22-18)11-19(17)23-13-24(20)2/h3-13H,1-2H3/q+1. The number of aryl methyl sites for hydroxylation is 2. The molecule has 0 saturated heterocycles. The molecule has 0 atom stereocenters. The average Bonchev–Trinajstić information content (AvgIpc) is 2.63. The van der Waals surface area contributed by atoms with Gasteiger partial charge < -0.3 is 0 Å². The second kappa shape index (κ2) is 5.81. The van der Waals surface area contributed by atoms with Crippen LogP contribution in [0.2, 0.25) is 0 Å². The Kier molecular flexibility index (Phi) is 3.50. The lowest BCUT2D eigenvalue weighted by molar-refractivity contribution is -0.662. The number of hydrogen-bond acceptors (Lipinski definition) is 3. The predicted molar refractivity (Wildman–Crippen MR) is 94.1 cm³/mol. The van der Waals surface area contributed by atoms with Gasteiger partial charge in [-0.2, -0.15) is 0 Å². The quantitative estimate of drug-likeness (QED) is 0.532. The normalized spacial score (nSPS) is 10.9. The van der Waals surface area contributed by atoms with Crippen LogP contribution in [0.4, 0.5) is 0 Å². The van der Waals surface area contributed by atoms with E-state index in [9.17, 15) is 0 Å². The summed E-state index contributed by atoms with van der Waals surface area (Å²) >= 11 is 0. The van der Waals surface area contributed by atoms with E-state index in [0.717, 1.165) is 22.2 Å². The Morgan fingerprint density at radius 2 is 1.83 bits per heavy atom. The van der Waals surface area contributed by atoms with E-state index in [1.165, 1.54) is 16.8 Å². The zero-order valence-corrected chi connectivity index (χ0v) is 13.6. The smallest absolute Gasteiger partial charge is 0.245 e. The molecule has 24 heavy (non-hydrogen) atoms. The van der Waals surface area contributed by atoms with Crippen molar-refractivity contribution in [1.29, 1.82) is 0 Å². The van der Waals surface area contributed by atoms with Gasteiger partial charge in [-0.25, -0.2) is 14.5 Å². The third-order valence-electron chi connectivity index (χ3n) is 4.25. The third-order valence-corrected chi connectivity index (χ3v) is 4.25. The highest BCUT2D eigenvalue weighted by atomic mass is 15.0. The van der Waals surface area contributed by atoms with Crippen LogP contribution in [-0.2, 0) is 7.05 Å². The maximum atomic E-state index is 4.60. The van der Waals surface area contributed by atoms with Crippen molar-refractivity contribution in [2.75, 3.05) is 0 Å². The van der Waals surface area contributed by atoms with E-state index < -0.39 is 0 Å². The van der Waals surface area contributed by atoms with Crippen molar-refractivity contribution in [2.24, 2.45) is 7.05 Å². The molecule has 0 bridgehead atoms. The fourth-order valence-corrected chi connectivity index (χ4v) is 3.03. The van der Waals surface area contributed by atoms with Crippen molar-refractivity contribution in [3.63, 3.8) is 0 Å². The molecule has 4 rings (SSSR count). The molecule has 0 aliphatic carbocycles. The first-order valence-electron chi connectivity index (χ1n) is 7.85. The minimum absolute atomic E-state index is 0.902. The van der Waals surface area contributed by atoms with Gasteiger partial charge in [-0.15, -0.1) is 0 Å². The van der Waals surface area contributed by atoms with Gasteiger partial charge in [0.15, 0.2) is 5.52 Å². The largest absolute Gasteiger partial charge is 0.287 e. The first-order chi connectivity index (χ1) is 11.7. The van der Waals surface area contributed by atoms with Crippen molar-refractivity contribution in [2.45, 2.75) is 6.92 Å². The molecule has 0 radical (unpaired) electrons. The topological polar surface area (TPSA) is 42.6 Å². The van der Waals surface area contributed by atoms with Crippen LogP contribution in [0.15, 0.2) is 67.4 Å². The van der Waals surface area contributed by atoms with Crippen LogP contribution in [0.1, 0.15) is 5.56 Å². The zero-order valence-electron chi connectivity index (χ0n) is 13.6. The Balaban J connectivity index is 1.96. The van der Waals surface area contributed by atoms with Gasteiger partial charge in [0.2, 0.25) is 0 Å². The lowest BCUT2D eigenvalue weighted by Gasteiger charge is -2.09. The molecular formula is C20H17N4+. The zero-order chi connectivity index (χ0) is 16.5. The fraction of sp³-hybridized carbons (Fsp3) is 0.100. The van der Waals surface area contributed by atoms with Gasteiger partial charge >= 0.3 is 0 Å². The van der Waals surface area contributed by atoms with Crippen LogP contribution < -0.4 is 4.57 Å². The van der Waals surface area contributed by atoms with Gasteiger partial charge in [-0.3, -0.25) is 0 Å². The van der Waals surface area contributed by atoms with Crippen molar-refractivity contribution in [1.82, 2.24) is 15.0 Å². The van der Waals surface area contributed by atoms with Gasteiger partial charge in [0, 0.05) is 17.3 Å². The molecule has 116 valence electrons. The Bertz CT molecular complexity index is 1030. The summed E-state index contributed by atoms with van der Waals surface area (Å²) in [5.41, 5.74) is 6.55. The molecule has 0 fully saturated rings. The molecule has 4 nitrogen and oxygen atoms in total. The van der Waals surface area contributed by atoms with E-state index in [-0.39, 0.29) is 0 Å². The van der Waals surface area contributed by atoms with E-state index in [0.29, 0.717) is 0 Å². The highest BCUT2D eigenvalue weighted by Gasteiger charge is 2.17. The predicted octanol–water partition coefficient (Wildman–Crippen LogP) is 3.49. The lowest BCUT2D eigenvalue weighted by Crippen LogP contribution is -2.31. The van der Waals surface area contributed by atoms with Crippen molar-refractivity contribution < 1.29 is 4.57 Å². The Morgan fingerprint density at radius 3 is 2.62 bits per heavy atom. The second-order valence-corrected chi connectivity index (χ2v) is 5.85. The molecule has 2 heterocycles. The van der Waals surface area contributed by atoms with E-state index in [2.05, 4.69) is 68.9 Å². The summed E-state index contributed by atoms with van der Waals surface area (Å²) in [4.78, 5) is 12.9. The number of fused-ring (bicyclic) bond motifs is 1. The first-order valence-corrected chi connectivity index (χ1v) is 7.85. The van der Waals surface area contributed by atoms with Crippen molar-refractivity contribution in [3.05, 3.63) is 72.9 Å². The summed E-state index contributed by atoms with van der Waals surface area (Å²) in [6, 6.07) is 16.6. The number of rotatable bonds is 2. The molecule has 0 aliphatic rings. The Morgan fingerprint density at radius 1 is 0.958 bits per heavy atom. The van der Waals surface area contributed by atoms with Crippen LogP contribution >= 0.6 is 0 Å². The van der Waals surface area contributed by atoms with Crippen molar-refractivity contribution in [3.8, 4) is 22.5 Å². The van der Waals surface area contributed by atoms with Crippen LogP contribution in [0.5, 0.6) is 0 Å². The third kappa shape index (κ3) is 2.42. The summed E-state index contributed by atoms with van der Waals surface area (Å²) < 4.78 is 2.08. The molecule has 0 amide bonds. The van der Waals surface area contributed by atoms with Gasteiger partial charge in [0.05, 0.1) is 18.1 Å². The van der Waals surface area contributed by atoms with Gasteiger partial charge in [-0.05, 0) is 35.7 Å². The molecule has 4 heteroatoms. The van der Waals surface area contributed by atoms with Gasteiger partial charge in [0.1, 0.15) is 12.0 Å². The van der Waals surface area contributed by atoms with Crippen LogP contribution in [-0.4, -0.2) is 15.0 Å². The summed E-state index contributed by atoms with van der Waals surface area (Å²) in [5.74, 6) is 0. The number of nitrogens with zero attached hydrogens (tertiary/aromatic N) is 4. The molecule has 0 unspecified atom stereocenters. The lowest BCUT2D eigenvalue weighted by atomic mass is 10.00. The Labute approximate surface area is 140 Å². The summed E-state index contributed by atoms with van der Waals surface area (Å²) in [5, 5.41) is 1.13. The molecule has 2 aromatic carbocycles. The molecule has 0 spiro atoms. The maximum absolute atomic E-state index is 4.60. The first kappa shape index (κ1) is 14.5. The second-order valence-electron chi connectivity index (χ2n) is 5.85. The molecule has 0 saturated carbocycles. The number of aromatic nitrogens is 4. The average molecular weight is 313 g/mol. The van der Waals surface area contributed by atoms with Crippen LogP contribution in [0.3, 0.4) is 0 Å². The SMILES string of the molecule is Cc1ccccc1-c1c2ccc(-c3ccncn3)cc2nc[n+]1C. The number of hydrogen-bond donors (Lipinski definition) is 0. The minimum Gasteiger partial charge on any atom is -0.245 e. The highest BCUT2D eigenvalue weighted by molar-refractivity contribution is 5.93. The monoisotopic (exact) mass is 313 g/mol. The molecule has 0 aliphatic heterocycles. The maximum Gasteiger partial charge on any atom is 0.287 e. The van der Waals surface area contributed by atoms with E-state index in [1.807, 2.05) is 19.4 Å². The van der Waals surface area contributed by atoms with Gasteiger partial charge in [-0.1, -0.05) is 30.3 Å². The molecule has 2 aromatic heterocycles. The van der Waals surface area contributed by atoms with Crippen LogP contribution in [0, 0.1) is 6.92 Å². The minimum atomic E-state index is 0.902. The highest BCUT2D eigenvalue weighted by Crippen LogP contribution is 2.29. The molecule has 0 N–H and O–H groups in total. The summed E-state index contributed by atoms with van der Waals surface area (Å²) in [6.07, 6.45) is 5.19. The Hall–Kier alpha value is -3.14. The fourth-order valence-electron chi connectivity index (χ4n) is 3.03. The summed E-state index contributed by atoms with van der Waals surface area (Å²) in [6.45, 7) is 2.14. The van der Waals surface area contributed by atoms with Gasteiger partial charge in [0.25, 0.3) is 6.33 Å².